The summed E-state index contributed by atoms with van der Waals surface area (Å²) in [5.74, 6) is 1.86. The zero-order valence-corrected chi connectivity index (χ0v) is 11.2. The maximum absolute atomic E-state index is 8.91. The second kappa shape index (κ2) is 6.72. The molecule has 1 heterocycles. The van der Waals surface area contributed by atoms with Crippen molar-refractivity contribution in [2.75, 3.05) is 32.8 Å². The minimum Gasteiger partial charge on any atom is -0.395 e. The van der Waals surface area contributed by atoms with E-state index in [4.69, 9.17) is 5.11 Å². The fourth-order valence-electron chi connectivity index (χ4n) is 3.15. The molecule has 0 aromatic rings. The highest BCUT2D eigenvalue weighted by molar-refractivity contribution is 4.86. The smallest absolute Gasteiger partial charge is 0.0556 e. The van der Waals surface area contributed by atoms with Crippen LogP contribution in [0.4, 0.5) is 0 Å². The quantitative estimate of drug-likeness (QED) is 0.707. The van der Waals surface area contributed by atoms with Crippen LogP contribution in [0.15, 0.2) is 0 Å². The minimum atomic E-state index is 0.261. The largest absolute Gasteiger partial charge is 0.395 e. The fraction of sp³-hybridized carbons (Fsp3) is 1.00. The van der Waals surface area contributed by atoms with E-state index in [-0.39, 0.29) is 6.61 Å². The lowest BCUT2D eigenvalue weighted by Crippen LogP contribution is -2.50. The second-order valence-corrected chi connectivity index (χ2v) is 5.93. The van der Waals surface area contributed by atoms with E-state index in [2.05, 4.69) is 17.1 Å². The summed E-state index contributed by atoms with van der Waals surface area (Å²) >= 11 is 0. The van der Waals surface area contributed by atoms with Crippen molar-refractivity contribution >= 4 is 0 Å². The van der Waals surface area contributed by atoms with Gasteiger partial charge in [0.25, 0.3) is 0 Å². The SMILES string of the molecule is CCCC1CC(NCCO)CN(CC2CC2)C1. The van der Waals surface area contributed by atoms with Crippen LogP contribution in [0, 0.1) is 11.8 Å². The molecule has 0 bridgehead atoms. The van der Waals surface area contributed by atoms with Crippen molar-refractivity contribution in [2.24, 2.45) is 11.8 Å². The van der Waals surface area contributed by atoms with E-state index in [9.17, 15) is 0 Å². The molecule has 2 unspecified atom stereocenters. The van der Waals surface area contributed by atoms with Crippen molar-refractivity contribution in [2.45, 2.75) is 45.1 Å². The molecule has 1 saturated heterocycles. The lowest BCUT2D eigenvalue weighted by atomic mass is 9.90. The minimum absolute atomic E-state index is 0.261. The number of hydrogen-bond donors (Lipinski definition) is 2. The number of likely N-dealkylation sites (tertiary alicyclic amines) is 1. The Morgan fingerprint density at radius 2 is 2.06 bits per heavy atom. The molecule has 2 fully saturated rings. The summed E-state index contributed by atoms with van der Waals surface area (Å²) in [6.45, 7) is 7.12. The molecule has 0 aromatic heterocycles. The van der Waals surface area contributed by atoms with Crippen molar-refractivity contribution in [3.8, 4) is 0 Å². The molecule has 3 heteroatoms. The Hall–Kier alpha value is -0.120. The first kappa shape index (κ1) is 13.3. The van der Waals surface area contributed by atoms with Gasteiger partial charge in [-0.1, -0.05) is 13.3 Å². The molecule has 1 saturated carbocycles. The van der Waals surface area contributed by atoms with Gasteiger partial charge < -0.3 is 15.3 Å². The predicted octanol–water partition coefficient (Wildman–Crippen LogP) is 1.47. The van der Waals surface area contributed by atoms with Gasteiger partial charge in [-0.3, -0.25) is 0 Å². The van der Waals surface area contributed by atoms with Crippen LogP contribution in [-0.4, -0.2) is 48.8 Å². The summed E-state index contributed by atoms with van der Waals surface area (Å²) in [6.07, 6.45) is 6.86. The highest BCUT2D eigenvalue weighted by atomic mass is 16.3. The van der Waals surface area contributed by atoms with Crippen LogP contribution in [0.3, 0.4) is 0 Å². The summed E-state index contributed by atoms with van der Waals surface area (Å²) in [7, 11) is 0. The summed E-state index contributed by atoms with van der Waals surface area (Å²) in [4.78, 5) is 2.66. The van der Waals surface area contributed by atoms with Crippen LogP contribution >= 0.6 is 0 Å². The number of nitrogens with zero attached hydrogens (tertiary/aromatic N) is 1. The maximum atomic E-state index is 8.91. The molecule has 0 aromatic carbocycles. The van der Waals surface area contributed by atoms with Gasteiger partial charge in [0, 0.05) is 32.2 Å². The molecule has 2 aliphatic rings. The average Bonchev–Trinajstić information content (AvgIpc) is 3.10. The Bertz CT molecular complexity index is 218. The van der Waals surface area contributed by atoms with Crippen LogP contribution in [0.2, 0.25) is 0 Å². The van der Waals surface area contributed by atoms with Gasteiger partial charge in [0.2, 0.25) is 0 Å². The van der Waals surface area contributed by atoms with Gasteiger partial charge >= 0.3 is 0 Å². The molecule has 2 atom stereocenters. The molecular weight excluding hydrogens is 212 g/mol. The van der Waals surface area contributed by atoms with Gasteiger partial charge in [0.1, 0.15) is 0 Å². The third-order valence-corrected chi connectivity index (χ3v) is 4.07. The first-order valence-corrected chi connectivity index (χ1v) is 7.38. The van der Waals surface area contributed by atoms with Crippen LogP contribution in [0.25, 0.3) is 0 Å². The van der Waals surface area contributed by atoms with Crippen molar-refractivity contribution in [3.05, 3.63) is 0 Å². The number of hydrogen-bond acceptors (Lipinski definition) is 3. The average molecular weight is 240 g/mol. The molecule has 0 amide bonds. The van der Waals surface area contributed by atoms with E-state index in [1.165, 1.54) is 51.7 Å². The molecule has 17 heavy (non-hydrogen) atoms. The zero-order valence-electron chi connectivity index (χ0n) is 11.2. The van der Waals surface area contributed by atoms with E-state index in [0.717, 1.165) is 18.4 Å². The molecule has 1 aliphatic carbocycles. The monoisotopic (exact) mass is 240 g/mol. The molecule has 3 nitrogen and oxygen atoms in total. The van der Waals surface area contributed by atoms with Crippen molar-refractivity contribution in [1.82, 2.24) is 10.2 Å². The fourth-order valence-corrected chi connectivity index (χ4v) is 3.15. The third kappa shape index (κ3) is 4.57. The number of aliphatic hydroxyl groups is 1. The van der Waals surface area contributed by atoms with Gasteiger partial charge in [0.15, 0.2) is 0 Å². The van der Waals surface area contributed by atoms with Crippen LogP contribution in [-0.2, 0) is 0 Å². The van der Waals surface area contributed by atoms with Crippen molar-refractivity contribution in [1.29, 1.82) is 0 Å². The Balaban J connectivity index is 1.79. The molecule has 2 N–H and O–H groups in total. The Labute approximate surface area is 106 Å². The van der Waals surface area contributed by atoms with E-state index in [1.807, 2.05) is 0 Å². The molecule has 1 aliphatic heterocycles. The number of rotatable bonds is 7. The van der Waals surface area contributed by atoms with Crippen molar-refractivity contribution < 1.29 is 5.11 Å². The Morgan fingerprint density at radius 1 is 1.24 bits per heavy atom. The lowest BCUT2D eigenvalue weighted by Gasteiger charge is -2.38. The standard InChI is InChI=1S/C14H28N2O/c1-2-3-13-8-14(15-6-7-17)11-16(10-13)9-12-4-5-12/h12-15,17H,2-11H2,1H3. The van der Waals surface area contributed by atoms with E-state index in [1.54, 1.807) is 0 Å². The summed E-state index contributed by atoms with van der Waals surface area (Å²) in [5, 5.41) is 12.4. The van der Waals surface area contributed by atoms with E-state index in [0.29, 0.717) is 6.04 Å². The van der Waals surface area contributed by atoms with Crippen LogP contribution in [0.5, 0.6) is 0 Å². The molecule has 100 valence electrons. The lowest BCUT2D eigenvalue weighted by molar-refractivity contribution is 0.127. The number of aliphatic hydroxyl groups excluding tert-OH is 1. The number of piperidine rings is 1. The van der Waals surface area contributed by atoms with Crippen LogP contribution in [0.1, 0.15) is 39.0 Å². The summed E-state index contributed by atoms with van der Waals surface area (Å²) in [6, 6.07) is 0.603. The molecule has 0 spiro atoms. The Morgan fingerprint density at radius 3 is 2.71 bits per heavy atom. The summed E-state index contributed by atoms with van der Waals surface area (Å²) in [5.41, 5.74) is 0. The normalized spacial score (nSPS) is 30.7. The molecule has 0 radical (unpaired) electrons. The zero-order chi connectivity index (χ0) is 12.1. The third-order valence-electron chi connectivity index (χ3n) is 4.07. The number of nitrogens with one attached hydrogen (secondary N) is 1. The maximum Gasteiger partial charge on any atom is 0.0556 e. The second-order valence-electron chi connectivity index (χ2n) is 5.93. The molecular formula is C14H28N2O. The highest BCUT2D eigenvalue weighted by Crippen LogP contribution is 2.31. The van der Waals surface area contributed by atoms with E-state index < -0.39 is 0 Å². The van der Waals surface area contributed by atoms with Gasteiger partial charge in [-0.05, 0) is 37.5 Å². The van der Waals surface area contributed by atoms with Crippen LogP contribution < -0.4 is 5.32 Å². The van der Waals surface area contributed by atoms with Gasteiger partial charge in [-0.25, -0.2) is 0 Å². The summed E-state index contributed by atoms with van der Waals surface area (Å²) < 4.78 is 0. The van der Waals surface area contributed by atoms with Gasteiger partial charge in [0.05, 0.1) is 6.61 Å². The topological polar surface area (TPSA) is 35.5 Å². The van der Waals surface area contributed by atoms with Crippen molar-refractivity contribution in [3.63, 3.8) is 0 Å². The first-order valence-electron chi connectivity index (χ1n) is 7.38. The Kier molecular flexibility index (Phi) is 5.26. The molecule has 2 rings (SSSR count). The van der Waals surface area contributed by atoms with Gasteiger partial charge in [-0.2, -0.15) is 0 Å². The first-order chi connectivity index (χ1) is 8.31. The van der Waals surface area contributed by atoms with Gasteiger partial charge in [-0.15, -0.1) is 0 Å². The highest BCUT2D eigenvalue weighted by Gasteiger charge is 2.30. The predicted molar refractivity (Wildman–Crippen MR) is 71.1 cm³/mol. The van der Waals surface area contributed by atoms with E-state index >= 15 is 0 Å².